The van der Waals surface area contributed by atoms with Gasteiger partial charge in [-0.25, -0.2) is 0 Å². The van der Waals surface area contributed by atoms with Crippen LogP contribution in [0.25, 0.3) is 21.9 Å². The van der Waals surface area contributed by atoms with E-state index in [4.69, 9.17) is 4.42 Å². The summed E-state index contributed by atoms with van der Waals surface area (Å²) < 4.78 is 6.11. The number of hydrogen-bond acceptors (Lipinski definition) is 3. The van der Waals surface area contributed by atoms with E-state index in [2.05, 4.69) is 39.8 Å². The molecule has 3 nitrogen and oxygen atoms in total. The summed E-state index contributed by atoms with van der Waals surface area (Å²) in [6, 6.07) is 10.1. The van der Waals surface area contributed by atoms with E-state index in [0.29, 0.717) is 17.3 Å². The predicted octanol–water partition coefficient (Wildman–Crippen LogP) is 3.66. The molecule has 24 heavy (non-hydrogen) atoms. The fourth-order valence-electron chi connectivity index (χ4n) is 3.54. The zero-order valence-corrected chi connectivity index (χ0v) is 14.8. The summed E-state index contributed by atoms with van der Waals surface area (Å²) in [4.78, 5) is 0. The molecular formula is C20H25BO3. The minimum atomic E-state index is -1.48. The standard InChI is InChI=1S/C20H25BO3/c1-12(2)9-14-11-16-15-7-5-6-8-18(15)24-20(16)17(10-13(3)4)19(14)21(22)23/h5-8,11-13,22-23H,9-10H2,1-4H3. The molecule has 126 valence electrons. The molecule has 2 N–H and O–H groups in total. The Balaban J connectivity index is 2.39. The zero-order chi connectivity index (χ0) is 17.4. The van der Waals surface area contributed by atoms with Crippen LogP contribution in [0.3, 0.4) is 0 Å². The average molecular weight is 324 g/mol. The normalized spacial score (nSPS) is 12.0. The average Bonchev–Trinajstić information content (AvgIpc) is 2.84. The summed E-state index contributed by atoms with van der Waals surface area (Å²) >= 11 is 0. The second-order valence-corrected chi connectivity index (χ2v) is 7.47. The number of fused-ring (bicyclic) bond motifs is 3. The second kappa shape index (κ2) is 6.62. The largest absolute Gasteiger partial charge is 0.489 e. The second-order valence-electron chi connectivity index (χ2n) is 7.47. The highest BCUT2D eigenvalue weighted by molar-refractivity contribution is 6.60. The van der Waals surface area contributed by atoms with Crippen molar-refractivity contribution in [3.05, 3.63) is 41.5 Å². The van der Waals surface area contributed by atoms with Crippen LogP contribution in [0.1, 0.15) is 38.8 Å². The Kier molecular flexibility index (Phi) is 4.70. The number of furan rings is 1. The third-order valence-corrected chi connectivity index (χ3v) is 4.40. The fourth-order valence-corrected chi connectivity index (χ4v) is 3.54. The quantitative estimate of drug-likeness (QED) is 0.704. The molecule has 0 aliphatic heterocycles. The maximum Gasteiger partial charge on any atom is 0.489 e. The Hall–Kier alpha value is -1.78. The van der Waals surface area contributed by atoms with Gasteiger partial charge in [0, 0.05) is 10.8 Å². The summed E-state index contributed by atoms with van der Waals surface area (Å²) in [7, 11) is -1.48. The molecule has 0 amide bonds. The van der Waals surface area contributed by atoms with Crippen molar-refractivity contribution in [2.24, 2.45) is 11.8 Å². The van der Waals surface area contributed by atoms with Crippen LogP contribution in [-0.2, 0) is 12.8 Å². The van der Waals surface area contributed by atoms with Crippen molar-refractivity contribution in [2.75, 3.05) is 0 Å². The number of rotatable bonds is 5. The van der Waals surface area contributed by atoms with Crippen molar-refractivity contribution in [1.29, 1.82) is 0 Å². The van der Waals surface area contributed by atoms with Gasteiger partial charge in [0.2, 0.25) is 0 Å². The number of benzene rings is 2. The van der Waals surface area contributed by atoms with E-state index in [1.807, 2.05) is 18.2 Å². The molecule has 0 atom stereocenters. The first-order valence-corrected chi connectivity index (χ1v) is 8.70. The SMILES string of the molecule is CC(C)Cc1cc2c(oc3ccccc32)c(CC(C)C)c1B(O)O. The van der Waals surface area contributed by atoms with E-state index >= 15 is 0 Å². The van der Waals surface area contributed by atoms with Crippen LogP contribution in [0.15, 0.2) is 34.7 Å². The molecule has 3 rings (SSSR count). The van der Waals surface area contributed by atoms with E-state index in [1.54, 1.807) is 0 Å². The van der Waals surface area contributed by atoms with E-state index in [-0.39, 0.29) is 0 Å². The monoisotopic (exact) mass is 324 g/mol. The lowest BCUT2D eigenvalue weighted by atomic mass is 9.70. The number of hydrogen-bond donors (Lipinski definition) is 2. The summed E-state index contributed by atoms with van der Waals surface area (Å²) in [5.74, 6) is 0.832. The van der Waals surface area contributed by atoms with Gasteiger partial charge in [-0.15, -0.1) is 0 Å². The zero-order valence-electron chi connectivity index (χ0n) is 14.8. The molecule has 0 saturated carbocycles. The Labute approximate surface area is 143 Å². The maximum atomic E-state index is 10.1. The first kappa shape index (κ1) is 17.1. The lowest BCUT2D eigenvalue weighted by Gasteiger charge is -2.18. The molecule has 0 bridgehead atoms. The van der Waals surface area contributed by atoms with Crippen LogP contribution in [0.5, 0.6) is 0 Å². The molecule has 0 radical (unpaired) electrons. The number of para-hydroxylation sites is 1. The minimum absolute atomic E-state index is 0.396. The highest BCUT2D eigenvalue weighted by Gasteiger charge is 2.26. The molecule has 0 aliphatic carbocycles. The van der Waals surface area contributed by atoms with Gasteiger partial charge in [0.05, 0.1) is 0 Å². The van der Waals surface area contributed by atoms with Crippen LogP contribution >= 0.6 is 0 Å². The van der Waals surface area contributed by atoms with Gasteiger partial charge in [0.15, 0.2) is 0 Å². The van der Waals surface area contributed by atoms with Crippen molar-refractivity contribution >= 4 is 34.5 Å². The van der Waals surface area contributed by atoms with E-state index in [0.717, 1.165) is 45.9 Å². The molecule has 4 heteroatoms. The van der Waals surface area contributed by atoms with Crippen molar-refractivity contribution in [3.8, 4) is 0 Å². The van der Waals surface area contributed by atoms with Crippen LogP contribution in [0, 0.1) is 11.8 Å². The molecule has 1 aromatic heterocycles. The molecular weight excluding hydrogens is 299 g/mol. The van der Waals surface area contributed by atoms with E-state index in [1.165, 1.54) is 0 Å². The van der Waals surface area contributed by atoms with Crippen LogP contribution < -0.4 is 5.46 Å². The van der Waals surface area contributed by atoms with Crippen molar-refractivity contribution < 1.29 is 14.5 Å². The van der Waals surface area contributed by atoms with Crippen LogP contribution in [0.4, 0.5) is 0 Å². The predicted molar refractivity (Wildman–Crippen MR) is 101 cm³/mol. The molecule has 0 saturated heterocycles. The highest BCUT2D eigenvalue weighted by Crippen LogP contribution is 2.33. The summed E-state index contributed by atoms with van der Waals surface area (Å²) in [5, 5.41) is 22.3. The summed E-state index contributed by atoms with van der Waals surface area (Å²) in [6.07, 6.45) is 1.57. The Morgan fingerprint density at radius 2 is 1.62 bits per heavy atom. The molecule has 0 fully saturated rings. The topological polar surface area (TPSA) is 53.6 Å². The van der Waals surface area contributed by atoms with Crippen LogP contribution in [-0.4, -0.2) is 17.2 Å². The van der Waals surface area contributed by atoms with Gasteiger partial charge in [0.25, 0.3) is 0 Å². The molecule has 0 unspecified atom stereocenters. The van der Waals surface area contributed by atoms with Crippen LogP contribution in [0.2, 0.25) is 0 Å². The summed E-state index contributed by atoms with van der Waals surface area (Å²) in [5.41, 5.74) is 4.21. The first-order valence-electron chi connectivity index (χ1n) is 8.70. The van der Waals surface area contributed by atoms with E-state index < -0.39 is 7.12 Å². The highest BCUT2D eigenvalue weighted by atomic mass is 16.4. The van der Waals surface area contributed by atoms with Gasteiger partial charge in [-0.2, -0.15) is 0 Å². The molecule has 2 aromatic carbocycles. The van der Waals surface area contributed by atoms with Gasteiger partial charge < -0.3 is 14.5 Å². The van der Waals surface area contributed by atoms with Gasteiger partial charge in [0.1, 0.15) is 11.2 Å². The van der Waals surface area contributed by atoms with E-state index in [9.17, 15) is 10.0 Å². The Morgan fingerprint density at radius 3 is 2.25 bits per heavy atom. The van der Waals surface area contributed by atoms with Gasteiger partial charge in [-0.3, -0.25) is 0 Å². The van der Waals surface area contributed by atoms with Gasteiger partial charge >= 0.3 is 7.12 Å². The minimum Gasteiger partial charge on any atom is -0.456 e. The van der Waals surface area contributed by atoms with Crippen molar-refractivity contribution in [2.45, 2.75) is 40.5 Å². The molecule has 1 heterocycles. The molecule has 0 aliphatic rings. The Morgan fingerprint density at radius 1 is 0.958 bits per heavy atom. The summed E-state index contributed by atoms with van der Waals surface area (Å²) in [6.45, 7) is 8.56. The lowest BCUT2D eigenvalue weighted by Crippen LogP contribution is -2.37. The fraction of sp³-hybridized carbons (Fsp3) is 0.400. The Bertz CT molecular complexity index is 862. The van der Waals surface area contributed by atoms with Crippen molar-refractivity contribution in [1.82, 2.24) is 0 Å². The third kappa shape index (κ3) is 3.08. The third-order valence-electron chi connectivity index (χ3n) is 4.40. The molecule has 0 spiro atoms. The maximum absolute atomic E-state index is 10.1. The van der Waals surface area contributed by atoms with Gasteiger partial charge in [-0.1, -0.05) is 45.9 Å². The van der Waals surface area contributed by atoms with Gasteiger partial charge in [-0.05, 0) is 53.4 Å². The smallest absolute Gasteiger partial charge is 0.456 e. The lowest BCUT2D eigenvalue weighted by molar-refractivity contribution is 0.424. The first-order chi connectivity index (χ1) is 11.4. The van der Waals surface area contributed by atoms with Crippen molar-refractivity contribution in [3.63, 3.8) is 0 Å². The molecule has 3 aromatic rings.